The van der Waals surface area contributed by atoms with Crippen molar-refractivity contribution in [3.8, 4) is 0 Å². The molecule has 0 atom stereocenters. The van der Waals surface area contributed by atoms with Gasteiger partial charge in [-0.1, -0.05) is 34.6 Å². The number of hydrogen-bond acceptors (Lipinski definition) is 4. The van der Waals surface area contributed by atoms with Crippen LogP contribution in [0.1, 0.15) is 51.6 Å². The normalized spacial score (nSPS) is 12.4. The van der Waals surface area contributed by atoms with Crippen LogP contribution in [0.25, 0.3) is 0 Å². The van der Waals surface area contributed by atoms with Crippen LogP contribution in [0.3, 0.4) is 0 Å². The van der Waals surface area contributed by atoms with Gasteiger partial charge in [-0.05, 0) is 28.0 Å². The molecule has 0 amide bonds. The summed E-state index contributed by atoms with van der Waals surface area (Å²) in [7, 11) is 0. The van der Waals surface area contributed by atoms with Crippen molar-refractivity contribution in [2.75, 3.05) is 0 Å². The molecule has 2 rings (SSSR count). The van der Waals surface area contributed by atoms with Gasteiger partial charge in [0.2, 0.25) is 0 Å². The van der Waals surface area contributed by atoms with Crippen molar-refractivity contribution >= 4 is 0 Å². The predicted molar refractivity (Wildman–Crippen MR) is 79.5 cm³/mol. The zero-order valence-electron chi connectivity index (χ0n) is 12.9. The minimum absolute atomic E-state index is 0.0564. The summed E-state index contributed by atoms with van der Waals surface area (Å²) >= 11 is 0. The molecule has 0 N–H and O–H groups in total. The second-order valence-electron chi connectivity index (χ2n) is 6.83. The van der Waals surface area contributed by atoms with Gasteiger partial charge in [0.15, 0.2) is 0 Å². The van der Waals surface area contributed by atoms with Crippen molar-refractivity contribution in [3.63, 3.8) is 0 Å². The first kappa shape index (κ1) is 14.6. The minimum atomic E-state index is -0.0564. The van der Waals surface area contributed by atoms with Crippen molar-refractivity contribution in [3.05, 3.63) is 47.8 Å². The number of rotatable bonds is 3. The summed E-state index contributed by atoms with van der Waals surface area (Å²) in [6, 6.07) is 2.00. The Morgan fingerprint density at radius 3 is 2.00 bits per heavy atom. The fourth-order valence-corrected chi connectivity index (χ4v) is 2.02. The summed E-state index contributed by atoms with van der Waals surface area (Å²) in [6.45, 7) is 10.8. The minimum Gasteiger partial charge on any atom is -0.241 e. The average molecular weight is 270 g/mol. The van der Waals surface area contributed by atoms with Crippen molar-refractivity contribution < 1.29 is 0 Å². The SMILES string of the molecule is CC(C)(C)c1cnc(CC(C)(C)c2ccnnc2)nc1. The fraction of sp³-hybridized carbons (Fsp3) is 0.500. The van der Waals surface area contributed by atoms with Crippen LogP contribution in [-0.4, -0.2) is 20.2 Å². The molecule has 0 saturated carbocycles. The highest BCUT2D eigenvalue weighted by molar-refractivity contribution is 5.21. The van der Waals surface area contributed by atoms with E-state index in [2.05, 4.69) is 54.8 Å². The highest BCUT2D eigenvalue weighted by Gasteiger charge is 2.23. The maximum absolute atomic E-state index is 4.51. The van der Waals surface area contributed by atoms with E-state index in [1.165, 1.54) is 0 Å². The molecule has 0 aromatic carbocycles. The molecule has 106 valence electrons. The molecule has 0 spiro atoms. The molecule has 0 radical (unpaired) electrons. The van der Waals surface area contributed by atoms with E-state index in [1.54, 1.807) is 6.20 Å². The maximum Gasteiger partial charge on any atom is 0.129 e. The van der Waals surface area contributed by atoms with E-state index in [-0.39, 0.29) is 10.8 Å². The monoisotopic (exact) mass is 270 g/mol. The van der Waals surface area contributed by atoms with E-state index in [1.807, 2.05) is 24.7 Å². The van der Waals surface area contributed by atoms with E-state index >= 15 is 0 Å². The zero-order valence-corrected chi connectivity index (χ0v) is 12.9. The van der Waals surface area contributed by atoms with Gasteiger partial charge >= 0.3 is 0 Å². The quantitative estimate of drug-likeness (QED) is 0.860. The van der Waals surface area contributed by atoms with E-state index in [9.17, 15) is 0 Å². The molecule has 0 aliphatic rings. The second kappa shape index (κ2) is 5.27. The summed E-state index contributed by atoms with van der Waals surface area (Å²) in [4.78, 5) is 9.02. The molecule has 0 bridgehead atoms. The molecule has 0 aliphatic carbocycles. The first-order valence-corrected chi connectivity index (χ1v) is 6.88. The molecule has 20 heavy (non-hydrogen) atoms. The van der Waals surface area contributed by atoms with Crippen LogP contribution in [0.15, 0.2) is 30.9 Å². The Hall–Kier alpha value is -1.84. The van der Waals surface area contributed by atoms with E-state index < -0.39 is 0 Å². The molecule has 2 aromatic rings. The van der Waals surface area contributed by atoms with Crippen molar-refractivity contribution in [1.82, 2.24) is 20.2 Å². The summed E-state index contributed by atoms with van der Waals surface area (Å²) < 4.78 is 0. The van der Waals surface area contributed by atoms with Crippen LogP contribution in [0.5, 0.6) is 0 Å². The van der Waals surface area contributed by atoms with Crippen LogP contribution >= 0.6 is 0 Å². The Labute approximate surface area is 120 Å². The van der Waals surface area contributed by atoms with Crippen LogP contribution in [0.4, 0.5) is 0 Å². The van der Waals surface area contributed by atoms with Gasteiger partial charge in [0.1, 0.15) is 5.82 Å². The maximum atomic E-state index is 4.51. The van der Waals surface area contributed by atoms with E-state index in [0.29, 0.717) is 0 Å². The van der Waals surface area contributed by atoms with Gasteiger partial charge in [-0.25, -0.2) is 9.97 Å². The van der Waals surface area contributed by atoms with Gasteiger partial charge in [-0.2, -0.15) is 10.2 Å². The van der Waals surface area contributed by atoms with Gasteiger partial charge in [-0.15, -0.1) is 0 Å². The molecule has 0 fully saturated rings. The molecule has 0 saturated heterocycles. The lowest BCUT2D eigenvalue weighted by atomic mass is 9.82. The van der Waals surface area contributed by atoms with Crippen molar-refractivity contribution in [2.24, 2.45) is 0 Å². The van der Waals surface area contributed by atoms with Crippen LogP contribution < -0.4 is 0 Å². The van der Waals surface area contributed by atoms with Crippen LogP contribution in [-0.2, 0) is 17.3 Å². The second-order valence-corrected chi connectivity index (χ2v) is 6.83. The Bertz CT molecular complexity index is 553. The van der Waals surface area contributed by atoms with Crippen LogP contribution in [0, 0.1) is 0 Å². The highest BCUT2D eigenvalue weighted by atomic mass is 15.1. The van der Waals surface area contributed by atoms with Gasteiger partial charge in [0.25, 0.3) is 0 Å². The molecular weight excluding hydrogens is 248 g/mol. The predicted octanol–water partition coefficient (Wildman–Crippen LogP) is 3.08. The molecule has 0 unspecified atom stereocenters. The van der Waals surface area contributed by atoms with Gasteiger partial charge in [-0.3, -0.25) is 0 Å². The molecule has 2 heterocycles. The lowest BCUT2D eigenvalue weighted by Crippen LogP contribution is -2.22. The summed E-state index contributed by atoms with van der Waals surface area (Å²) in [5.41, 5.74) is 2.34. The van der Waals surface area contributed by atoms with Gasteiger partial charge in [0.05, 0.1) is 6.20 Å². The standard InChI is InChI=1S/C16H22N4/c1-15(2,3)13-9-17-14(18-10-13)8-16(4,5)12-6-7-19-20-11-12/h6-7,9-11H,8H2,1-5H3. The molecule has 2 aromatic heterocycles. The first-order chi connectivity index (χ1) is 9.29. The molecular formula is C16H22N4. The fourth-order valence-electron chi connectivity index (χ4n) is 2.02. The Kier molecular flexibility index (Phi) is 3.84. The molecule has 4 nitrogen and oxygen atoms in total. The summed E-state index contributed by atoms with van der Waals surface area (Å²) in [5, 5.41) is 7.77. The van der Waals surface area contributed by atoms with E-state index in [0.717, 1.165) is 23.4 Å². The topological polar surface area (TPSA) is 51.6 Å². The molecule has 0 aliphatic heterocycles. The number of aromatic nitrogens is 4. The Morgan fingerprint density at radius 1 is 0.850 bits per heavy atom. The van der Waals surface area contributed by atoms with E-state index in [4.69, 9.17) is 0 Å². The van der Waals surface area contributed by atoms with Gasteiger partial charge in [0, 0.05) is 25.0 Å². The summed E-state index contributed by atoms with van der Waals surface area (Å²) in [5.74, 6) is 0.861. The Balaban J connectivity index is 2.18. The Morgan fingerprint density at radius 2 is 1.50 bits per heavy atom. The average Bonchev–Trinajstić information content (AvgIpc) is 2.39. The van der Waals surface area contributed by atoms with Gasteiger partial charge < -0.3 is 0 Å². The number of nitrogens with zero attached hydrogens (tertiary/aromatic N) is 4. The lowest BCUT2D eigenvalue weighted by molar-refractivity contribution is 0.500. The number of hydrogen-bond donors (Lipinski definition) is 0. The smallest absolute Gasteiger partial charge is 0.129 e. The third-order valence-electron chi connectivity index (χ3n) is 3.54. The molecule has 4 heteroatoms. The van der Waals surface area contributed by atoms with Crippen molar-refractivity contribution in [2.45, 2.75) is 51.9 Å². The lowest BCUT2D eigenvalue weighted by Gasteiger charge is -2.24. The third kappa shape index (κ3) is 3.38. The largest absolute Gasteiger partial charge is 0.241 e. The van der Waals surface area contributed by atoms with Crippen LogP contribution in [0.2, 0.25) is 0 Å². The van der Waals surface area contributed by atoms with Crippen molar-refractivity contribution in [1.29, 1.82) is 0 Å². The first-order valence-electron chi connectivity index (χ1n) is 6.88. The zero-order chi connectivity index (χ0) is 14.8. The summed E-state index contributed by atoms with van der Waals surface area (Å²) in [6.07, 6.45) is 8.18. The highest BCUT2D eigenvalue weighted by Crippen LogP contribution is 2.26. The third-order valence-corrected chi connectivity index (χ3v) is 3.54.